The minimum absolute atomic E-state index is 0.424. The van der Waals surface area contributed by atoms with Crippen molar-refractivity contribution in [2.75, 3.05) is 0 Å². The van der Waals surface area contributed by atoms with Crippen LogP contribution in [-0.4, -0.2) is 24.3 Å². The maximum Gasteiger partial charge on any atom is 0.191 e. The van der Waals surface area contributed by atoms with Crippen molar-refractivity contribution in [3.8, 4) is 0 Å². The molecule has 2 aromatic heterocycles. The van der Waals surface area contributed by atoms with Gasteiger partial charge in [0.25, 0.3) is 0 Å². The maximum atomic E-state index is 5.61. The highest BCUT2D eigenvalue weighted by Gasteiger charge is 2.10. The lowest BCUT2D eigenvalue weighted by Gasteiger charge is -2.05. The number of aromatic nitrogens is 5. The fourth-order valence-electron chi connectivity index (χ4n) is 1.56. The number of thioether (sulfide) groups is 1. The molecule has 2 rings (SSSR count). The van der Waals surface area contributed by atoms with Gasteiger partial charge in [-0.3, -0.25) is 0 Å². The summed E-state index contributed by atoms with van der Waals surface area (Å²) >= 11 is 1.65. The van der Waals surface area contributed by atoms with Crippen LogP contribution in [0.2, 0.25) is 0 Å². The summed E-state index contributed by atoms with van der Waals surface area (Å²) in [5, 5.41) is 9.14. The molecule has 0 amide bonds. The van der Waals surface area contributed by atoms with Crippen molar-refractivity contribution in [2.24, 2.45) is 12.8 Å². The number of hydrogen-bond acceptors (Lipinski definition) is 5. The average molecular weight is 252 g/mol. The smallest absolute Gasteiger partial charge is 0.191 e. The third-order valence-corrected chi connectivity index (χ3v) is 3.56. The zero-order chi connectivity index (χ0) is 12.3. The fourth-order valence-corrected chi connectivity index (χ4v) is 2.60. The molecule has 17 heavy (non-hydrogen) atoms. The summed E-state index contributed by atoms with van der Waals surface area (Å²) in [4.78, 5) is 4.08. The van der Waals surface area contributed by atoms with E-state index in [9.17, 15) is 0 Å². The molecule has 0 aromatic carbocycles. The molecule has 0 saturated heterocycles. The molecule has 7 heteroatoms. The molecule has 2 N–H and O–H groups in total. The molecular weight excluding hydrogens is 236 g/mol. The lowest BCUT2D eigenvalue weighted by molar-refractivity contribution is 0.642. The Labute approximate surface area is 104 Å². The van der Waals surface area contributed by atoms with Crippen molar-refractivity contribution in [2.45, 2.75) is 30.9 Å². The average Bonchev–Trinajstić information content (AvgIpc) is 2.92. The lowest BCUT2D eigenvalue weighted by atomic mass is 10.5. The minimum Gasteiger partial charge on any atom is -0.337 e. The highest BCUT2D eigenvalue weighted by molar-refractivity contribution is 7.98. The molecule has 0 saturated carbocycles. The Balaban J connectivity index is 2.09. The summed E-state index contributed by atoms with van der Waals surface area (Å²) in [5.41, 5.74) is 6.77. The monoisotopic (exact) mass is 252 g/mol. The fraction of sp³-hybridized carbons (Fsp3) is 0.500. The van der Waals surface area contributed by atoms with E-state index >= 15 is 0 Å². The first-order valence-electron chi connectivity index (χ1n) is 5.46. The highest BCUT2D eigenvalue weighted by atomic mass is 32.2. The van der Waals surface area contributed by atoms with Crippen LogP contribution in [0.3, 0.4) is 0 Å². The Morgan fingerprint density at radius 2 is 2.24 bits per heavy atom. The van der Waals surface area contributed by atoms with E-state index in [1.54, 1.807) is 18.1 Å². The molecule has 0 radical (unpaired) electrons. The van der Waals surface area contributed by atoms with Gasteiger partial charge in [0.2, 0.25) is 0 Å². The normalized spacial score (nSPS) is 11.0. The zero-order valence-electron chi connectivity index (χ0n) is 10.00. The van der Waals surface area contributed by atoms with Crippen molar-refractivity contribution in [3.63, 3.8) is 0 Å². The van der Waals surface area contributed by atoms with Crippen LogP contribution >= 0.6 is 11.8 Å². The van der Waals surface area contributed by atoms with Gasteiger partial charge in [-0.15, -0.1) is 10.2 Å². The van der Waals surface area contributed by atoms with E-state index in [1.165, 1.54) is 0 Å². The van der Waals surface area contributed by atoms with Crippen molar-refractivity contribution in [3.05, 3.63) is 24.0 Å². The molecule has 0 bridgehead atoms. The summed E-state index contributed by atoms with van der Waals surface area (Å²) < 4.78 is 4.05. The molecule has 0 unspecified atom stereocenters. The van der Waals surface area contributed by atoms with Crippen LogP contribution in [0.4, 0.5) is 0 Å². The zero-order valence-corrected chi connectivity index (χ0v) is 10.8. The lowest BCUT2D eigenvalue weighted by Crippen LogP contribution is -2.08. The Morgan fingerprint density at radius 3 is 2.82 bits per heavy atom. The molecule has 6 nitrogen and oxygen atoms in total. The first-order chi connectivity index (χ1) is 8.26. The summed E-state index contributed by atoms with van der Waals surface area (Å²) in [6.45, 7) is 3.33. The molecule has 0 aliphatic carbocycles. The van der Waals surface area contributed by atoms with Crippen LogP contribution in [0.15, 0.2) is 17.7 Å². The Kier molecular flexibility index (Phi) is 3.80. The summed E-state index contributed by atoms with van der Waals surface area (Å²) in [6.07, 6.45) is 3.66. The van der Waals surface area contributed by atoms with E-state index in [4.69, 9.17) is 5.73 Å². The number of rotatable bonds is 5. The van der Waals surface area contributed by atoms with Gasteiger partial charge in [0.15, 0.2) is 5.16 Å². The molecule has 0 aliphatic heterocycles. The van der Waals surface area contributed by atoms with Gasteiger partial charge in [-0.05, 0) is 6.92 Å². The number of imidazole rings is 1. The second-order valence-corrected chi connectivity index (χ2v) is 4.57. The standard InChI is InChI=1S/C10H16N6S/c1-3-16-9(4-11)13-14-10(16)17-6-8-5-12-7-15(8)2/h5,7H,3-4,6,11H2,1-2H3. The topological polar surface area (TPSA) is 74.6 Å². The molecule has 2 aromatic rings. The second-order valence-electron chi connectivity index (χ2n) is 3.63. The van der Waals surface area contributed by atoms with Crippen molar-refractivity contribution in [1.29, 1.82) is 0 Å². The van der Waals surface area contributed by atoms with Crippen molar-refractivity contribution < 1.29 is 0 Å². The number of nitrogens with zero attached hydrogens (tertiary/aromatic N) is 5. The molecule has 2 heterocycles. The largest absolute Gasteiger partial charge is 0.337 e. The first kappa shape index (κ1) is 12.1. The van der Waals surface area contributed by atoms with Gasteiger partial charge in [0.1, 0.15) is 5.82 Å². The van der Waals surface area contributed by atoms with Gasteiger partial charge in [-0.1, -0.05) is 11.8 Å². The van der Waals surface area contributed by atoms with E-state index in [0.717, 1.165) is 29.0 Å². The van der Waals surface area contributed by atoms with Gasteiger partial charge >= 0.3 is 0 Å². The summed E-state index contributed by atoms with van der Waals surface area (Å²) in [6, 6.07) is 0. The predicted molar refractivity (Wildman–Crippen MR) is 66.4 cm³/mol. The van der Waals surface area contributed by atoms with Gasteiger partial charge in [0, 0.05) is 31.2 Å². The SMILES string of the molecule is CCn1c(CN)nnc1SCc1cncn1C. The molecule has 0 fully saturated rings. The van der Waals surface area contributed by atoms with E-state index < -0.39 is 0 Å². The Hall–Kier alpha value is -1.34. The maximum absolute atomic E-state index is 5.61. The first-order valence-corrected chi connectivity index (χ1v) is 6.45. The molecule has 92 valence electrons. The Morgan fingerprint density at radius 1 is 1.41 bits per heavy atom. The predicted octanol–water partition coefficient (Wildman–Crippen LogP) is 0.782. The van der Waals surface area contributed by atoms with E-state index in [2.05, 4.69) is 22.1 Å². The number of nitrogens with two attached hydrogens (primary N) is 1. The van der Waals surface area contributed by atoms with Crippen LogP contribution < -0.4 is 5.73 Å². The third kappa shape index (κ3) is 2.50. The van der Waals surface area contributed by atoms with Crippen LogP contribution in [0.5, 0.6) is 0 Å². The van der Waals surface area contributed by atoms with Crippen LogP contribution in [-0.2, 0) is 25.9 Å². The molecule has 0 aliphatic rings. The summed E-state index contributed by atoms with van der Waals surface area (Å²) in [7, 11) is 1.98. The van der Waals surface area contributed by atoms with Crippen LogP contribution in [0.25, 0.3) is 0 Å². The summed E-state index contributed by atoms with van der Waals surface area (Å²) in [5.74, 6) is 1.67. The molecular formula is C10H16N6S. The van der Waals surface area contributed by atoms with Gasteiger partial charge in [-0.2, -0.15) is 0 Å². The molecule has 0 spiro atoms. The van der Waals surface area contributed by atoms with Crippen LogP contribution in [0.1, 0.15) is 18.4 Å². The quantitative estimate of drug-likeness (QED) is 0.796. The third-order valence-electron chi connectivity index (χ3n) is 2.56. The highest BCUT2D eigenvalue weighted by Crippen LogP contribution is 2.21. The van der Waals surface area contributed by atoms with Crippen molar-refractivity contribution in [1.82, 2.24) is 24.3 Å². The van der Waals surface area contributed by atoms with Crippen molar-refractivity contribution >= 4 is 11.8 Å². The minimum atomic E-state index is 0.424. The number of hydrogen-bond donors (Lipinski definition) is 1. The second kappa shape index (κ2) is 5.33. The van der Waals surface area contributed by atoms with E-state index in [-0.39, 0.29) is 0 Å². The van der Waals surface area contributed by atoms with E-state index in [1.807, 2.05) is 22.4 Å². The van der Waals surface area contributed by atoms with Crippen LogP contribution in [0, 0.1) is 0 Å². The Bertz CT molecular complexity index is 489. The number of aryl methyl sites for hydroxylation is 1. The van der Waals surface area contributed by atoms with Gasteiger partial charge in [0.05, 0.1) is 12.9 Å². The molecule has 0 atom stereocenters. The van der Waals surface area contributed by atoms with E-state index in [0.29, 0.717) is 6.54 Å². The van der Waals surface area contributed by atoms with Gasteiger partial charge < -0.3 is 14.9 Å². The van der Waals surface area contributed by atoms with Gasteiger partial charge in [-0.25, -0.2) is 4.98 Å².